The van der Waals surface area contributed by atoms with Crippen LogP contribution in [0.25, 0.3) is 0 Å². The van der Waals surface area contributed by atoms with Crippen LogP contribution in [0, 0.1) is 5.92 Å². The van der Waals surface area contributed by atoms with Gasteiger partial charge in [0, 0.05) is 6.54 Å². The van der Waals surface area contributed by atoms with E-state index in [0.717, 1.165) is 0 Å². The Morgan fingerprint density at radius 1 is 0.865 bits per heavy atom. The fourth-order valence-electron chi connectivity index (χ4n) is 2.73. The molecule has 11 nitrogen and oxygen atoms in total. The lowest BCUT2D eigenvalue weighted by atomic mass is 10.0. The molecule has 0 aliphatic heterocycles. The number of hydrogen-bond donors (Lipinski definition) is 2. The van der Waals surface area contributed by atoms with Crippen molar-refractivity contribution in [1.82, 2.24) is 5.32 Å². The standard InChI is InChI=1S/C26H39NO10/c1-15(2)22(30)33-16(3)14-27-18(21(28)29)12-17-10-11-19(34-23(31)36-25(4,5)6)20(13-17)35-24(32)37-26(7,8)9/h10-11,13,15-16,18,27H,12,14H2,1-9H3,(H,28,29)/t16?,18-/m0/s1. The van der Waals surface area contributed by atoms with Gasteiger partial charge in [0.15, 0.2) is 11.5 Å². The van der Waals surface area contributed by atoms with Crippen LogP contribution >= 0.6 is 0 Å². The van der Waals surface area contributed by atoms with Gasteiger partial charge in [0.1, 0.15) is 23.3 Å². The minimum Gasteiger partial charge on any atom is -0.480 e. The molecule has 1 aromatic carbocycles. The van der Waals surface area contributed by atoms with Crippen LogP contribution < -0.4 is 14.8 Å². The molecule has 2 atom stereocenters. The van der Waals surface area contributed by atoms with Crippen LogP contribution in [0.1, 0.15) is 67.9 Å². The Bertz CT molecular complexity index is 959. The van der Waals surface area contributed by atoms with Gasteiger partial charge in [0.25, 0.3) is 0 Å². The highest BCUT2D eigenvalue weighted by Crippen LogP contribution is 2.31. The summed E-state index contributed by atoms with van der Waals surface area (Å²) in [7, 11) is 0. The van der Waals surface area contributed by atoms with E-state index in [2.05, 4.69) is 5.32 Å². The second-order valence-electron chi connectivity index (χ2n) is 10.8. The van der Waals surface area contributed by atoms with Gasteiger partial charge in [-0.05, 0) is 72.6 Å². The Morgan fingerprint density at radius 2 is 1.38 bits per heavy atom. The van der Waals surface area contributed by atoms with Crippen molar-refractivity contribution < 1.29 is 48.0 Å². The lowest BCUT2D eigenvalue weighted by Crippen LogP contribution is -2.43. The molecule has 0 amide bonds. The van der Waals surface area contributed by atoms with Crippen LogP contribution in [0.3, 0.4) is 0 Å². The normalized spacial score (nSPS) is 13.4. The maximum atomic E-state index is 12.3. The third-order valence-electron chi connectivity index (χ3n) is 4.35. The van der Waals surface area contributed by atoms with Crippen molar-refractivity contribution in [3.8, 4) is 11.5 Å². The average molecular weight is 526 g/mol. The Balaban J connectivity index is 3.09. The number of carboxylic acids is 1. The van der Waals surface area contributed by atoms with E-state index in [1.807, 2.05) is 0 Å². The minimum absolute atomic E-state index is 0.0163. The number of ether oxygens (including phenoxy) is 5. The molecule has 0 aliphatic rings. The Morgan fingerprint density at radius 3 is 1.84 bits per heavy atom. The van der Waals surface area contributed by atoms with E-state index in [0.29, 0.717) is 5.56 Å². The summed E-state index contributed by atoms with van der Waals surface area (Å²) in [5.41, 5.74) is -1.19. The Hall–Kier alpha value is -3.34. The van der Waals surface area contributed by atoms with Crippen LogP contribution in [0.15, 0.2) is 18.2 Å². The van der Waals surface area contributed by atoms with Crippen LogP contribution in [-0.2, 0) is 30.2 Å². The van der Waals surface area contributed by atoms with Gasteiger partial charge >= 0.3 is 24.2 Å². The molecular weight excluding hydrogens is 486 g/mol. The van der Waals surface area contributed by atoms with E-state index >= 15 is 0 Å². The number of benzene rings is 1. The van der Waals surface area contributed by atoms with Gasteiger partial charge in [-0.25, -0.2) is 9.59 Å². The number of carboxylic acid groups (broad SMARTS) is 1. The monoisotopic (exact) mass is 525 g/mol. The van der Waals surface area contributed by atoms with Gasteiger partial charge in [-0.1, -0.05) is 19.9 Å². The summed E-state index contributed by atoms with van der Waals surface area (Å²) in [5, 5.41) is 12.5. The maximum absolute atomic E-state index is 12.3. The lowest BCUT2D eigenvalue weighted by Gasteiger charge is -2.21. The van der Waals surface area contributed by atoms with Crippen LogP contribution in [-0.4, -0.2) is 59.2 Å². The molecule has 1 rings (SSSR count). The SMILES string of the molecule is CC(CN[C@@H](Cc1ccc(OC(=O)OC(C)(C)C)c(OC(=O)OC(C)(C)C)c1)C(=O)O)OC(=O)C(C)C. The van der Waals surface area contributed by atoms with E-state index in [1.165, 1.54) is 18.2 Å². The van der Waals surface area contributed by atoms with Crippen molar-refractivity contribution >= 4 is 24.2 Å². The smallest absolute Gasteiger partial charge is 0.480 e. The van der Waals surface area contributed by atoms with Gasteiger partial charge in [-0.2, -0.15) is 0 Å². The molecule has 0 saturated heterocycles. The Labute approximate surface area is 217 Å². The van der Waals surface area contributed by atoms with Crippen LogP contribution in [0.5, 0.6) is 11.5 Å². The van der Waals surface area contributed by atoms with Crippen molar-refractivity contribution in [1.29, 1.82) is 0 Å². The fourth-order valence-corrected chi connectivity index (χ4v) is 2.73. The van der Waals surface area contributed by atoms with Crippen molar-refractivity contribution in [2.45, 2.75) is 92.1 Å². The Kier molecular flexibility index (Phi) is 11.4. The molecule has 1 unspecified atom stereocenters. The summed E-state index contributed by atoms with van der Waals surface area (Å²) in [6.07, 6.45) is -2.61. The molecular formula is C26H39NO10. The zero-order valence-electron chi connectivity index (χ0n) is 23.0. The number of hydrogen-bond acceptors (Lipinski definition) is 10. The first-order chi connectivity index (χ1) is 16.9. The molecule has 0 bridgehead atoms. The van der Waals surface area contributed by atoms with Gasteiger partial charge < -0.3 is 34.1 Å². The second-order valence-corrected chi connectivity index (χ2v) is 10.8. The molecule has 0 saturated carbocycles. The number of esters is 1. The first kappa shape index (κ1) is 31.7. The van der Waals surface area contributed by atoms with Crippen molar-refractivity contribution in [2.75, 3.05) is 6.54 Å². The second kappa shape index (κ2) is 13.3. The largest absolute Gasteiger partial charge is 0.514 e. The number of carbonyl (C=O) groups is 4. The van der Waals surface area contributed by atoms with Crippen molar-refractivity contribution in [3.05, 3.63) is 23.8 Å². The molecule has 11 heteroatoms. The van der Waals surface area contributed by atoms with Gasteiger partial charge in [-0.15, -0.1) is 0 Å². The molecule has 37 heavy (non-hydrogen) atoms. The zero-order valence-corrected chi connectivity index (χ0v) is 23.0. The molecule has 0 radical (unpaired) electrons. The maximum Gasteiger partial charge on any atom is 0.514 e. The average Bonchev–Trinajstić information content (AvgIpc) is 2.69. The topological polar surface area (TPSA) is 147 Å². The lowest BCUT2D eigenvalue weighted by molar-refractivity contribution is -0.151. The summed E-state index contributed by atoms with van der Waals surface area (Å²) in [6.45, 7) is 15.1. The van der Waals surface area contributed by atoms with E-state index < -0.39 is 41.6 Å². The third kappa shape index (κ3) is 13.0. The van der Waals surface area contributed by atoms with E-state index in [9.17, 15) is 24.3 Å². The molecule has 0 heterocycles. The summed E-state index contributed by atoms with van der Waals surface area (Å²) in [4.78, 5) is 48.1. The number of rotatable bonds is 10. The highest BCUT2D eigenvalue weighted by Gasteiger charge is 2.25. The van der Waals surface area contributed by atoms with Gasteiger partial charge in [0.05, 0.1) is 5.92 Å². The number of aliphatic carboxylic acids is 1. The summed E-state index contributed by atoms with van der Waals surface area (Å²) in [6, 6.07) is 3.22. The summed E-state index contributed by atoms with van der Waals surface area (Å²) in [5.74, 6) is -2.09. The first-order valence-electron chi connectivity index (χ1n) is 12.0. The van der Waals surface area contributed by atoms with E-state index in [-0.39, 0.29) is 36.4 Å². The van der Waals surface area contributed by atoms with Crippen LogP contribution in [0.4, 0.5) is 9.59 Å². The molecule has 2 N–H and O–H groups in total. The van der Waals surface area contributed by atoms with Gasteiger partial charge in [0.2, 0.25) is 0 Å². The molecule has 0 aliphatic carbocycles. The minimum atomic E-state index is -1.13. The number of carbonyl (C=O) groups excluding carboxylic acids is 3. The third-order valence-corrected chi connectivity index (χ3v) is 4.35. The van der Waals surface area contributed by atoms with Crippen molar-refractivity contribution in [3.63, 3.8) is 0 Å². The van der Waals surface area contributed by atoms with Crippen LogP contribution in [0.2, 0.25) is 0 Å². The van der Waals surface area contributed by atoms with E-state index in [4.69, 9.17) is 23.7 Å². The highest BCUT2D eigenvalue weighted by molar-refractivity contribution is 5.74. The molecule has 0 aromatic heterocycles. The van der Waals surface area contributed by atoms with Crippen molar-refractivity contribution in [2.24, 2.45) is 5.92 Å². The van der Waals surface area contributed by atoms with E-state index in [1.54, 1.807) is 62.3 Å². The van der Waals surface area contributed by atoms with Gasteiger partial charge in [-0.3, -0.25) is 9.59 Å². The fraction of sp³-hybridized carbons (Fsp3) is 0.615. The molecule has 0 spiro atoms. The number of nitrogens with one attached hydrogen (secondary N) is 1. The molecule has 208 valence electrons. The molecule has 0 fully saturated rings. The quantitative estimate of drug-likeness (QED) is 0.253. The zero-order chi connectivity index (χ0) is 28.6. The molecule has 1 aromatic rings. The predicted molar refractivity (Wildman–Crippen MR) is 134 cm³/mol. The summed E-state index contributed by atoms with van der Waals surface area (Å²) >= 11 is 0. The summed E-state index contributed by atoms with van der Waals surface area (Å²) < 4.78 is 26.1. The first-order valence-corrected chi connectivity index (χ1v) is 12.0. The highest BCUT2D eigenvalue weighted by atomic mass is 16.8. The predicted octanol–water partition coefficient (Wildman–Crippen LogP) is 4.49.